The lowest BCUT2D eigenvalue weighted by atomic mass is 10.2. The largest absolute Gasteiger partial charge is 0.503 e. The number of nitrogens with zero attached hydrogens (tertiary/aromatic N) is 2. The Hall–Kier alpha value is -3.32. The molecule has 0 atom stereocenters. The molecule has 0 unspecified atom stereocenters. The molecule has 0 radical (unpaired) electrons. The molecule has 0 bridgehead atoms. The fraction of sp³-hybridized carbons (Fsp3) is 0.520. The van der Waals surface area contributed by atoms with Crippen LogP contribution >= 0.6 is 0 Å². The van der Waals surface area contributed by atoms with Crippen LogP contribution in [0.15, 0.2) is 24.3 Å². The molecule has 1 aromatic heterocycles. The van der Waals surface area contributed by atoms with E-state index < -0.39 is 23.4 Å². The van der Waals surface area contributed by atoms with Gasteiger partial charge in [0.15, 0.2) is 22.9 Å². The van der Waals surface area contributed by atoms with E-state index in [0.717, 1.165) is 0 Å². The average molecular weight is 525 g/mol. The summed E-state index contributed by atoms with van der Waals surface area (Å²) in [4.78, 5) is 26.5. The lowest BCUT2D eigenvalue weighted by Crippen LogP contribution is -2.25. The molecule has 0 fully saturated rings. The molecule has 1 heterocycles. The first-order valence-corrected chi connectivity index (χ1v) is 11.8. The van der Waals surface area contributed by atoms with Gasteiger partial charge in [-0.15, -0.1) is 0 Å². The fourth-order valence-corrected chi connectivity index (χ4v) is 3.20. The SMILES string of the molecule is CCOC(=O)c1c(O)c(O)c(C(=O)N(C)C)n1-c1ccc(OCCOCCOCCOCCOC)cc1. The molecule has 2 aromatic rings. The topological polar surface area (TPSA) is 138 Å². The maximum Gasteiger partial charge on any atom is 0.359 e. The van der Waals surface area contributed by atoms with E-state index in [1.165, 1.54) is 23.6 Å². The summed E-state index contributed by atoms with van der Waals surface area (Å²) in [7, 11) is 4.60. The molecule has 0 saturated carbocycles. The van der Waals surface area contributed by atoms with Crippen LogP contribution < -0.4 is 4.74 Å². The van der Waals surface area contributed by atoms with Crippen LogP contribution in [0.5, 0.6) is 17.2 Å². The van der Waals surface area contributed by atoms with Crippen molar-refractivity contribution >= 4 is 11.9 Å². The van der Waals surface area contributed by atoms with Crippen LogP contribution in [0.1, 0.15) is 27.9 Å². The van der Waals surface area contributed by atoms with Crippen LogP contribution in [0.2, 0.25) is 0 Å². The Morgan fingerprint density at radius 1 is 0.811 bits per heavy atom. The minimum Gasteiger partial charge on any atom is -0.503 e. The van der Waals surface area contributed by atoms with Crippen molar-refractivity contribution in [1.29, 1.82) is 0 Å². The van der Waals surface area contributed by atoms with Crippen molar-refractivity contribution in [3.8, 4) is 22.9 Å². The van der Waals surface area contributed by atoms with Crippen molar-refractivity contribution in [2.24, 2.45) is 0 Å². The predicted molar refractivity (Wildman–Crippen MR) is 133 cm³/mol. The van der Waals surface area contributed by atoms with Crippen molar-refractivity contribution in [3.05, 3.63) is 35.7 Å². The lowest BCUT2D eigenvalue weighted by Gasteiger charge is -2.16. The number of ether oxygens (including phenoxy) is 6. The molecule has 2 N–H and O–H groups in total. The summed E-state index contributed by atoms with van der Waals surface area (Å²) in [6.45, 7) is 5.22. The van der Waals surface area contributed by atoms with Crippen molar-refractivity contribution in [1.82, 2.24) is 9.47 Å². The number of esters is 1. The predicted octanol–water partition coefficient (Wildman–Crippen LogP) is 1.84. The number of carbonyl (C=O) groups excluding carboxylic acids is 2. The zero-order valence-electron chi connectivity index (χ0n) is 21.7. The van der Waals surface area contributed by atoms with E-state index in [4.69, 9.17) is 28.4 Å². The van der Waals surface area contributed by atoms with Gasteiger partial charge in [0.1, 0.15) is 12.4 Å². The van der Waals surface area contributed by atoms with E-state index in [0.29, 0.717) is 64.3 Å². The Morgan fingerprint density at radius 3 is 1.84 bits per heavy atom. The van der Waals surface area contributed by atoms with Gasteiger partial charge in [-0.1, -0.05) is 0 Å². The molecule has 0 aliphatic heterocycles. The summed E-state index contributed by atoms with van der Waals surface area (Å²) in [6.07, 6.45) is 0. The highest BCUT2D eigenvalue weighted by Crippen LogP contribution is 2.39. The number of benzene rings is 1. The molecule has 37 heavy (non-hydrogen) atoms. The van der Waals surface area contributed by atoms with Crippen LogP contribution in [0, 0.1) is 0 Å². The van der Waals surface area contributed by atoms with Crippen molar-refractivity contribution < 1.29 is 48.2 Å². The highest BCUT2D eigenvalue weighted by molar-refractivity contribution is 6.02. The molecule has 0 aliphatic rings. The molecule has 1 amide bonds. The first kappa shape index (κ1) is 29.9. The van der Waals surface area contributed by atoms with Crippen LogP contribution in [0.3, 0.4) is 0 Å². The fourth-order valence-electron chi connectivity index (χ4n) is 3.20. The number of aromatic nitrogens is 1. The third kappa shape index (κ3) is 8.64. The van der Waals surface area contributed by atoms with Gasteiger partial charge >= 0.3 is 5.97 Å². The number of hydrogen-bond acceptors (Lipinski definition) is 10. The summed E-state index contributed by atoms with van der Waals surface area (Å²) in [5.74, 6) is -2.40. The molecule has 1 aromatic carbocycles. The van der Waals surface area contributed by atoms with Crippen LogP contribution in [-0.4, -0.2) is 112 Å². The molecule has 2 rings (SSSR count). The Morgan fingerprint density at radius 2 is 1.32 bits per heavy atom. The van der Waals surface area contributed by atoms with Crippen molar-refractivity contribution in [2.75, 3.05) is 80.7 Å². The summed E-state index contributed by atoms with van der Waals surface area (Å²) in [5, 5.41) is 20.9. The van der Waals surface area contributed by atoms with Crippen molar-refractivity contribution in [2.45, 2.75) is 6.92 Å². The average Bonchev–Trinajstić information content (AvgIpc) is 3.15. The monoisotopic (exact) mass is 524 g/mol. The number of amides is 1. The molecule has 12 heteroatoms. The van der Waals surface area contributed by atoms with E-state index in [1.807, 2.05) is 0 Å². The molecule has 206 valence electrons. The third-order valence-electron chi connectivity index (χ3n) is 4.96. The lowest BCUT2D eigenvalue weighted by molar-refractivity contribution is 0.000164. The molecule has 0 aliphatic carbocycles. The van der Waals surface area contributed by atoms with E-state index >= 15 is 0 Å². The summed E-state index contributed by atoms with van der Waals surface area (Å²) >= 11 is 0. The molecular formula is C25H36N2O10. The van der Waals surface area contributed by atoms with Gasteiger partial charge in [0.2, 0.25) is 0 Å². The van der Waals surface area contributed by atoms with Gasteiger partial charge in [-0.2, -0.15) is 0 Å². The van der Waals surface area contributed by atoms with Gasteiger partial charge in [-0.3, -0.25) is 9.36 Å². The Kier molecular flexibility index (Phi) is 12.7. The Bertz CT molecular complexity index is 988. The van der Waals surface area contributed by atoms with Gasteiger partial charge in [0.05, 0.1) is 52.9 Å². The summed E-state index contributed by atoms with van der Waals surface area (Å²) in [6, 6.07) is 6.45. The van der Waals surface area contributed by atoms with Gasteiger partial charge in [-0.25, -0.2) is 4.79 Å². The standard InChI is InChI=1S/C25H36N2O10/c1-5-36-25(31)21-23(29)22(28)20(24(30)26(2)3)27(21)18-6-8-19(9-7-18)37-17-16-35-15-14-34-13-12-33-11-10-32-4/h6-9,28-29H,5,10-17H2,1-4H3. The van der Waals surface area contributed by atoms with Gasteiger partial charge < -0.3 is 43.5 Å². The molecular weight excluding hydrogens is 488 g/mol. The summed E-state index contributed by atoms with van der Waals surface area (Å²) < 4.78 is 32.9. The van der Waals surface area contributed by atoms with E-state index in [1.54, 1.807) is 38.3 Å². The maximum absolute atomic E-state index is 12.7. The Labute approximate surface area is 216 Å². The normalized spacial score (nSPS) is 10.9. The number of rotatable bonds is 17. The van der Waals surface area contributed by atoms with Gasteiger partial charge in [0, 0.05) is 26.9 Å². The quantitative estimate of drug-likeness (QED) is 0.233. The minimum atomic E-state index is -0.881. The minimum absolute atomic E-state index is 0.0471. The third-order valence-corrected chi connectivity index (χ3v) is 4.96. The Balaban J connectivity index is 1.95. The van der Waals surface area contributed by atoms with E-state index in [2.05, 4.69) is 0 Å². The summed E-state index contributed by atoms with van der Waals surface area (Å²) in [5.41, 5.74) is -0.275. The second-order valence-electron chi connectivity index (χ2n) is 7.82. The first-order valence-electron chi connectivity index (χ1n) is 11.8. The zero-order chi connectivity index (χ0) is 27.2. The van der Waals surface area contributed by atoms with E-state index in [9.17, 15) is 19.8 Å². The van der Waals surface area contributed by atoms with Crippen LogP contribution in [-0.2, 0) is 23.7 Å². The van der Waals surface area contributed by atoms with Crippen LogP contribution in [0.4, 0.5) is 0 Å². The maximum atomic E-state index is 12.7. The molecule has 12 nitrogen and oxygen atoms in total. The number of aromatic hydroxyl groups is 2. The number of hydrogen-bond donors (Lipinski definition) is 2. The second kappa shape index (κ2) is 15.7. The van der Waals surface area contributed by atoms with E-state index in [-0.39, 0.29) is 18.0 Å². The molecule has 0 saturated heterocycles. The van der Waals surface area contributed by atoms with Gasteiger partial charge in [-0.05, 0) is 31.2 Å². The smallest absolute Gasteiger partial charge is 0.359 e. The highest BCUT2D eigenvalue weighted by atomic mass is 16.6. The van der Waals surface area contributed by atoms with Crippen LogP contribution in [0.25, 0.3) is 5.69 Å². The number of carbonyl (C=O) groups is 2. The second-order valence-corrected chi connectivity index (χ2v) is 7.82. The first-order chi connectivity index (χ1) is 17.8. The number of methoxy groups -OCH3 is 1. The zero-order valence-corrected chi connectivity index (χ0v) is 21.7. The van der Waals surface area contributed by atoms with Crippen molar-refractivity contribution in [3.63, 3.8) is 0 Å². The van der Waals surface area contributed by atoms with Gasteiger partial charge in [0.25, 0.3) is 5.91 Å². The molecule has 0 spiro atoms. The highest BCUT2D eigenvalue weighted by Gasteiger charge is 2.33.